The highest BCUT2D eigenvalue weighted by Crippen LogP contribution is 2.34. The van der Waals surface area contributed by atoms with Crippen molar-refractivity contribution in [2.75, 3.05) is 5.32 Å². The smallest absolute Gasteiger partial charge is 0.423 e. The summed E-state index contributed by atoms with van der Waals surface area (Å²) in [6.45, 7) is 1.57. The Hall–Kier alpha value is -4.68. The number of carbonyl (C=O) groups is 1. The third-order valence-corrected chi connectivity index (χ3v) is 5.07. The zero-order valence-electron chi connectivity index (χ0n) is 17.7. The predicted octanol–water partition coefficient (Wildman–Crippen LogP) is 4.58. The number of hydrogen-bond acceptors (Lipinski definition) is 7. The zero-order valence-corrected chi connectivity index (χ0v) is 17.7. The van der Waals surface area contributed by atoms with Crippen LogP contribution in [0.2, 0.25) is 0 Å². The van der Waals surface area contributed by atoms with E-state index in [0.717, 1.165) is 29.4 Å². The topological polar surface area (TPSA) is 112 Å². The van der Waals surface area contributed by atoms with E-state index in [1.54, 1.807) is 13.0 Å². The fraction of sp³-hybridized carbons (Fsp3) is 0.0909. The summed E-state index contributed by atoms with van der Waals surface area (Å²) in [6, 6.07) is 8.48. The number of amides is 1. The van der Waals surface area contributed by atoms with Crippen LogP contribution >= 0.6 is 0 Å². The Balaban J connectivity index is 1.51. The van der Waals surface area contributed by atoms with Gasteiger partial charge in [0, 0.05) is 5.56 Å². The van der Waals surface area contributed by atoms with Crippen molar-refractivity contribution in [1.29, 1.82) is 0 Å². The SMILES string of the molecule is Cc1cccc(F)c1C(=O)Nc1cnc(-n2c(C(F)(F)F)nc3cc(-c4nnco4)ccc32)cn1. The van der Waals surface area contributed by atoms with Crippen molar-refractivity contribution >= 4 is 22.8 Å². The Morgan fingerprint density at radius 2 is 1.94 bits per heavy atom. The molecule has 0 unspecified atom stereocenters. The normalized spacial score (nSPS) is 11.7. The van der Waals surface area contributed by atoms with E-state index in [9.17, 15) is 22.4 Å². The van der Waals surface area contributed by atoms with Crippen LogP contribution in [0.3, 0.4) is 0 Å². The minimum atomic E-state index is -4.80. The van der Waals surface area contributed by atoms with Crippen LogP contribution in [-0.2, 0) is 6.18 Å². The van der Waals surface area contributed by atoms with Gasteiger partial charge in [0.1, 0.15) is 5.82 Å². The Morgan fingerprint density at radius 1 is 1.11 bits per heavy atom. The molecule has 0 bridgehead atoms. The third-order valence-electron chi connectivity index (χ3n) is 5.07. The van der Waals surface area contributed by atoms with E-state index >= 15 is 0 Å². The fourth-order valence-corrected chi connectivity index (χ4v) is 3.53. The molecule has 2 aromatic carbocycles. The minimum absolute atomic E-state index is 0.0160. The van der Waals surface area contributed by atoms with Gasteiger partial charge in [-0.25, -0.2) is 19.3 Å². The number of aryl methyl sites for hydroxylation is 1. The maximum atomic E-state index is 14.0. The first kappa shape index (κ1) is 22.1. The molecule has 35 heavy (non-hydrogen) atoms. The van der Waals surface area contributed by atoms with Gasteiger partial charge in [-0.15, -0.1) is 10.2 Å². The average Bonchev–Trinajstić information content (AvgIpc) is 3.47. The highest BCUT2D eigenvalue weighted by molar-refractivity contribution is 6.04. The maximum Gasteiger partial charge on any atom is 0.450 e. The lowest BCUT2D eigenvalue weighted by molar-refractivity contribution is -0.145. The van der Waals surface area contributed by atoms with Crippen molar-refractivity contribution in [3.8, 4) is 17.3 Å². The molecule has 0 saturated heterocycles. The van der Waals surface area contributed by atoms with Gasteiger partial charge in [0.25, 0.3) is 5.91 Å². The van der Waals surface area contributed by atoms with Gasteiger partial charge in [-0.3, -0.25) is 9.36 Å². The zero-order chi connectivity index (χ0) is 24.7. The molecular weight excluding hydrogens is 470 g/mol. The molecule has 9 nitrogen and oxygen atoms in total. The molecule has 176 valence electrons. The first-order valence-electron chi connectivity index (χ1n) is 9.97. The number of nitrogens with one attached hydrogen (secondary N) is 1. The number of alkyl halides is 3. The van der Waals surface area contributed by atoms with Gasteiger partial charge in [-0.2, -0.15) is 13.2 Å². The van der Waals surface area contributed by atoms with Gasteiger partial charge in [-0.05, 0) is 36.8 Å². The van der Waals surface area contributed by atoms with E-state index in [1.165, 1.54) is 24.3 Å². The second-order valence-corrected chi connectivity index (χ2v) is 7.36. The minimum Gasteiger partial charge on any atom is -0.423 e. The summed E-state index contributed by atoms with van der Waals surface area (Å²) in [5.41, 5.74) is 0.749. The largest absolute Gasteiger partial charge is 0.450 e. The molecule has 3 aromatic heterocycles. The van der Waals surface area contributed by atoms with Crippen LogP contribution in [0.5, 0.6) is 0 Å². The van der Waals surface area contributed by atoms with Crippen LogP contribution < -0.4 is 5.32 Å². The first-order chi connectivity index (χ1) is 16.7. The molecule has 0 spiro atoms. The molecule has 0 atom stereocenters. The maximum absolute atomic E-state index is 14.0. The number of halogens is 4. The van der Waals surface area contributed by atoms with Crippen LogP contribution in [0.1, 0.15) is 21.7 Å². The van der Waals surface area contributed by atoms with Crippen molar-refractivity contribution in [2.24, 2.45) is 0 Å². The number of aromatic nitrogens is 6. The van der Waals surface area contributed by atoms with Gasteiger partial charge in [0.05, 0.1) is 29.0 Å². The summed E-state index contributed by atoms with van der Waals surface area (Å²) in [6.07, 6.45) is -1.59. The molecule has 0 aliphatic carbocycles. The second-order valence-electron chi connectivity index (χ2n) is 7.36. The third kappa shape index (κ3) is 4.07. The van der Waals surface area contributed by atoms with Crippen molar-refractivity contribution in [2.45, 2.75) is 13.1 Å². The summed E-state index contributed by atoms with van der Waals surface area (Å²) in [7, 11) is 0. The predicted molar refractivity (Wildman–Crippen MR) is 114 cm³/mol. The standard InChI is InChI=1S/C22H13F4N7O2/c1-11-3-2-4-13(23)18(11)19(34)31-16-8-28-17(9-27-16)33-15-6-5-12(20-32-29-10-35-20)7-14(15)30-21(33)22(24,25)26/h2-10H,1H3,(H,27,31,34). The summed E-state index contributed by atoms with van der Waals surface area (Å²) >= 11 is 0. The summed E-state index contributed by atoms with van der Waals surface area (Å²) in [5.74, 6) is -2.83. The van der Waals surface area contributed by atoms with Gasteiger partial charge >= 0.3 is 6.18 Å². The lowest BCUT2D eigenvalue weighted by atomic mass is 10.1. The number of benzene rings is 2. The van der Waals surface area contributed by atoms with Gasteiger partial charge in [0.2, 0.25) is 18.1 Å². The lowest BCUT2D eigenvalue weighted by Crippen LogP contribution is -2.17. The van der Waals surface area contributed by atoms with Crippen molar-refractivity contribution < 1.29 is 26.8 Å². The first-order valence-corrected chi connectivity index (χ1v) is 9.97. The van der Waals surface area contributed by atoms with E-state index in [0.29, 0.717) is 11.1 Å². The lowest BCUT2D eigenvalue weighted by Gasteiger charge is -2.11. The van der Waals surface area contributed by atoms with E-state index in [-0.39, 0.29) is 34.1 Å². The number of rotatable bonds is 4. The highest BCUT2D eigenvalue weighted by Gasteiger charge is 2.38. The molecule has 0 aliphatic rings. The summed E-state index contributed by atoms with van der Waals surface area (Å²) < 4.78 is 61.3. The molecule has 0 fully saturated rings. The Labute approximate surface area is 193 Å². The van der Waals surface area contributed by atoms with Crippen LogP contribution in [0.25, 0.3) is 28.3 Å². The van der Waals surface area contributed by atoms with E-state index in [2.05, 4.69) is 30.5 Å². The van der Waals surface area contributed by atoms with Crippen molar-refractivity contribution in [3.05, 3.63) is 78.0 Å². The number of nitrogens with zero attached hydrogens (tertiary/aromatic N) is 6. The fourth-order valence-electron chi connectivity index (χ4n) is 3.53. The molecule has 1 N–H and O–H groups in total. The number of anilines is 1. The molecular formula is C22H13F4N7O2. The van der Waals surface area contributed by atoms with Gasteiger partial charge in [-0.1, -0.05) is 12.1 Å². The molecule has 13 heteroatoms. The molecule has 5 rings (SSSR count). The van der Waals surface area contributed by atoms with Crippen molar-refractivity contribution in [1.82, 2.24) is 29.7 Å². The Bertz CT molecular complexity index is 1520. The van der Waals surface area contributed by atoms with Crippen LogP contribution in [0, 0.1) is 12.7 Å². The molecule has 0 saturated carbocycles. The number of fused-ring (bicyclic) bond motifs is 1. The molecule has 5 aromatic rings. The van der Waals surface area contributed by atoms with Crippen LogP contribution in [0.4, 0.5) is 23.4 Å². The van der Waals surface area contributed by atoms with Gasteiger partial charge < -0.3 is 9.73 Å². The monoisotopic (exact) mass is 483 g/mol. The summed E-state index contributed by atoms with van der Waals surface area (Å²) in [5, 5.41) is 9.69. The van der Waals surface area contributed by atoms with Gasteiger partial charge in [0.15, 0.2) is 11.6 Å². The summed E-state index contributed by atoms with van der Waals surface area (Å²) in [4.78, 5) is 24.2. The molecule has 0 radical (unpaired) electrons. The van der Waals surface area contributed by atoms with Crippen LogP contribution in [0.15, 0.2) is 59.6 Å². The van der Waals surface area contributed by atoms with E-state index < -0.39 is 23.7 Å². The molecule has 3 heterocycles. The molecule has 1 amide bonds. The Kier molecular flexibility index (Phi) is 5.23. The number of hydrogen-bond donors (Lipinski definition) is 1. The second kappa shape index (κ2) is 8.27. The number of imidazole rings is 1. The average molecular weight is 483 g/mol. The van der Waals surface area contributed by atoms with Crippen LogP contribution in [-0.4, -0.2) is 35.6 Å². The quantitative estimate of drug-likeness (QED) is 0.372. The molecule has 0 aliphatic heterocycles. The number of carbonyl (C=O) groups excluding carboxylic acids is 1. The van der Waals surface area contributed by atoms with Crippen molar-refractivity contribution in [3.63, 3.8) is 0 Å². The highest BCUT2D eigenvalue weighted by atomic mass is 19.4. The van der Waals surface area contributed by atoms with E-state index in [4.69, 9.17) is 4.42 Å². The van der Waals surface area contributed by atoms with E-state index in [1.807, 2.05) is 0 Å². The Morgan fingerprint density at radius 3 is 2.60 bits per heavy atom.